The van der Waals surface area contributed by atoms with Crippen molar-refractivity contribution in [2.45, 2.75) is 32.7 Å². The SMILES string of the molecule is COCCN1C(=O)[C@H]2CC[C@@H]1CN(c1nc(N(C)C)nc(C)c1C)C2. The molecule has 0 unspecified atom stereocenters. The number of hydrogen-bond donors (Lipinski definition) is 0. The number of fused-ring (bicyclic) bond motifs is 4. The minimum Gasteiger partial charge on any atom is -0.383 e. The van der Waals surface area contributed by atoms with Crippen LogP contribution in [0.1, 0.15) is 24.1 Å². The maximum atomic E-state index is 12.8. The Morgan fingerprint density at radius 3 is 2.64 bits per heavy atom. The smallest absolute Gasteiger partial charge is 0.227 e. The lowest BCUT2D eigenvalue weighted by molar-refractivity contribution is -0.140. The van der Waals surface area contributed by atoms with Gasteiger partial charge in [-0.1, -0.05) is 0 Å². The molecule has 138 valence electrons. The Balaban J connectivity index is 1.91. The molecule has 0 aromatic carbocycles. The average Bonchev–Trinajstić information content (AvgIpc) is 2.86. The van der Waals surface area contributed by atoms with Crippen LogP contribution in [0.5, 0.6) is 0 Å². The second kappa shape index (κ2) is 7.15. The molecule has 0 aliphatic carbocycles. The van der Waals surface area contributed by atoms with Crippen molar-refractivity contribution < 1.29 is 9.53 Å². The van der Waals surface area contributed by atoms with Crippen LogP contribution >= 0.6 is 0 Å². The fourth-order valence-electron chi connectivity index (χ4n) is 3.80. The van der Waals surface area contributed by atoms with Crippen LogP contribution in [-0.2, 0) is 9.53 Å². The van der Waals surface area contributed by atoms with E-state index in [2.05, 4.69) is 16.8 Å². The summed E-state index contributed by atoms with van der Waals surface area (Å²) in [6, 6.07) is 0.235. The van der Waals surface area contributed by atoms with E-state index in [0.717, 1.165) is 49.0 Å². The number of hydrogen-bond acceptors (Lipinski definition) is 6. The van der Waals surface area contributed by atoms with Crippen molar-refractivity contribution in [3.63, 3.8) is 0 Å². The van der Waals surface area contributed by atoms with Crippen molar-refractivity contribution in [3.8, 4) is 0 Å². The second-order valence-corrected chi connectivity index (χ2v) is 7.31. The van der Waals surface area contributed by atoms with Gasteiger partial charge in [0.15, 0.2) is 0 Å². The maximum Gasteiger partial charge on any atom is 0.227 e. The number of carbonyl (C=O) groups is 1. The molecular formula is C18H29N5O2. The molecule has 4 heterocycles. The van der Waals surface area contributed by atoms with Gasteiger partial charge in [-0.2, -0.15) is 4.98 Å². The standard InChI is InChI=1S/C18H29N5O2/c1-12-13(2)19-18(21(3)4)20-16(12)22-10-14-6-7-15(11-22)23(17(14)24)8-9-25-5/h14-15H,6-11H2,1-5H3/t14-,15+/m0/s1. The van der Waals surface area contributed by atoms with E-state index >= 15 is 0 Å². The van der Waals surface area contributed by atoms with Crippen LogP contribution in [0.2, 0.25) is 0 Å². The van der Waals surface area contributed by atoms with Gasteiger partial charge in [0, 0.05) is 58.1 Å². The van der Waals surface area contributed by atoms with E-state index in [1.54, 1.807) is 7.11 Å². The summed E-state index contributed by atoms with van der Waals surface area (Å²) in [5, 5.41) is 0. The molecule has 1 aromatic heterocycles. The Bertz CT molecular complexity index is 649. The molecule has 0 radical (unpaired) electrons. The van der Waals surface area contributed by atoms with Crippen molar-refractivity contribution >= 4 is 17.7 Å². The first-order valence-corrected chi connectivity index (χ1v) is 8.99. The highest BCUT2D eigenvalue weighted by molar-refractivity contribution is 5.81. The third-order valence-corrected chi connectivity index (χ3v) is 5.38. The van der Waals surface area contributed by atoms with E-state index in [9.17, 15) is 4.79 Å². The lowest BCUT2D eigenvalue weighted by atomic mass is 9.94. The Morgan fingerprint density at radius 2 is 1.96 bits per heavy atom. The van der Waals surface area contributed by atoms with E-state index in [1.165, 1.54) is 0 Å². The number of anilines is 2. The van der Waals surface area contributed by atoms with Crippen LogP contribution in [0.3, 0.4) is 0 Å². The Labute approximate surface area is 150 Å². The third kappa shape index (κ3) is 3.42. The van der Waals surface area contributed by atoms with Gasteiger partial charge in [-0.25, -0.2) is 4.98 Å². The van der Waals surface area contributed by atoms with Crippen LogP contribution in [0.15, 0.2) is 0 Å². The Morgan fingerprint density at radius 1 is 1.20 bits per heavy atom. The highest BCUT2D eigenvalue weighted by Gasteiger charge is 2.41. The van der Waals surface area contributed by atoms with Crippen molar-refractivity contribution in [1.82, 2.24) is 14.9 Å². The molecule has 0 spiro atoms. The summed E-state index contributed by atoms with van der Waals surface area (Å²) in [6.45, 7) is 6.93. The van der Waals surface area contributed by atoms with Gasteiger partial charge in [-0.3, -0.25) is 4.79 Å². The van der Waals surface area contributed by atoms with Gasteiger partial charge in [0.1, 0.15) is 5.82 Å². The molecule has 2 bridgehead atoms. The first-order chi connectivity index (χ1) is 11.9. The predicted octanol–water partition coefficient (Wildman–Crippen LogP) is 1.23. The van der Waals surface area contributed by atoms with E-state index in [0.29, 0.717) is 13.2 Å². The van der Waals surface area contributed by atoms with E-state index < -0.39 is 0 Å². The number of carbonyl (C=O) groups excluding carboxylic acids is 1. The van der Waals surface area contributed by atoms with E-state index in [-0.39, 0.29) is 17.9 Å². The number of nitrogens with zero attached hydrogens (tertiary/aromatic N) is 5. The van der Waals surface area contributed by atoms with Crippen LogP contribution in [-0.4, -0.2) is 74.3 Å². The van der Waals surface area contributed by atoms with Crippen LogP contribution in [0, 0.1) is 19.8 Å². The maximum absolute atomic E-state index is 12.8. The second-order valence-electron chi connectivity index (χ2n) is 7.31. The first-order valence-electron chi connectivity index (χ1n) is 8.99. The summed E-state index contributed by atoms with van der Waals surface area (Å²) in [5.74, 6) is 2.01. The zero-order valence-electron chi connectivity index (χ0n) is 15.9. The van der Waals surface area contributed by atoms with Crippen molar-refractivity contribution in [2.24, 2.45) is 5.92 Å². The van der Waals surface area contributed by atoms with Gasteiger partial charge in [0.25, 0.3) is 0 Å². The summed E-state index contributed by atoms with van der Waals surface area (Å²) >= 11 is 0. The van der Waals surface area contributed by atoms with Gasteiger partial charge in [0.2, 0.25) is 11.9 Å². The van der Waals surface area contributed by atoms with Crippen molar-refractivity contribution in [2.75, 3.05) is 57.2 Å². The normalized spacial score (nSPS) is 23.2. The lowest BCUT2D eigenvalue weighted by Gasteiger charge is -2.35. The minimum atomic E-state index is 0.0492. The molecule has 3 fully saturated rings. The van der Waals surface area contributed by atoms with Gasteiger partial charge in [0.05, 0.1) is 12.5 Å². The minimum absolute atomic E-state index is 0.0492. The molecule has 0 saturated carbocycles. The van der Waals surface area contributed by atoms with Crippen LogP contribution in [0.4, 0.5) is 11.8 Å². The van der Waals surface area contributed by atoms with Gasteiger partial charge in [-0.05, 0) is 26.7 Å². The number of piperidine rings is 1. The van der Waals surface area contributed by atoms with E-state index in [1.807, 2.05) is 30.8 Å². The number of ether oxygens (including phenoxy) is 1. The fourth-order valence-corrected chi connectivity index (χ4v) is 3.80. The predicted molar refractivity (Wildman–Crippen MR) is 98.1 cm³/mol. The molecule has 25 heavy (non-hydrogen) atoms. The molecule has 3 saturated heterocycles. The number of rotatable bonds is 5. The number of amides is 1. The topological polar surface area (TPSA) is 61.8 Å². The monoisotopic (exact) mass is 347 g/mol. The number of aromatic nitrogens is 2. The Kier molecular flexibility index (Phi) is 5.13. The summed E-state index contributed by atoms with van der Waals surface area (Å²) < 4.78 is 5.20. The molecule has 2 atom stereocenters. The van der Waals surface area contributed by atoms with Crippen molar-refractivity contribution in [3.05, 3.63) is 11.3 Å². The number of methoxy groups -OCH3 is 1. The Hall–Kier alpha value is -1.89. The van der Waals surface area contributed by atoms with Crippen LogP contribution < -0.4 is 9.80 Å². The molecule has 1 aromatic rings. The zero-order valence-corrected chi connectivity index (χ0v) is 15.9. The van der Waals surface area contributed by atoms with Gasteiger partial charge in [-0.15, -0.1) is 0 Å². The van der Waals surface area contributed by atoms with Gasteiger partial charge >= 0.3 is 0 Å². The van der Waals surface area contributed by atoms with Gasteiger partial charge < -0.3 is 19.4 Å². The molecule has 4 rings (SSSR count). The number of aryl methyl sites for hydroxylation is 1. The highest BCUT2D eigenvalue weighted by Crippen LogP contribution is 2.33. The fraction of sp³-hybridized carbons (Fsp3) is 0.722. The summed E-state index contributed by atoms with van der Waals surface area (Å²) in [5.41, 5.74) is 2.09. The highest BCUT2D eigenvalue weighted by atomic mass is 16.5. The lowest BCUT2D eigenvalue weighted by Crippen LogP contribution is -2.49. The molecule has 7 nitrogen and oxygen atoms in total. The summed E-state index contributed by atoms with van der Waals surface area (Å²) in [4.78, 5) is 28.4. The third-order valence-electron chi connectivity index (χ3n) is 5.38. The van der Waals surface area contributed by atoms with Crippen LogP contribution in [0.25, 0.3) is 0 Å². The summed E-state index contributed by atoms with van der Waals surface area (Å²) in [7, 11) is 5.59. The molecule has 0 N–H and O–H groups in total. The summed E-state index contributed by atoms with van der Waals surface area (Å²) in [6.07, 6.45) is 2.02. The first kappa shape index (κ1) is 17.9. The largest absolute Gasteiger partial charge is 0.383 e. The molecule has 1 amide bonds. The van der Waals surface area contributed by atoms with Crippen molar-refractivity contribution in [1.29, 1.82) is 0 Å². The zero-order chi connectivity index (χ0) is 18.1. The molecule has 3 aliphatic rings. The van der Waals surface area contributed by atoms with E-state index in [4.69, 9.17) is 9.72 Å². The molecule has 3 aliphatic heterocycles. The quantitative estimate of drug-likeness (QED) is 0.798. The average molecular weight is 347 g/mol. The molecular weight excluding hydrogens is 318 g/mol. The molecule has 7 heteroatoms.